The lowest BCUT2D eigenvalue weighted by molar-refractivity contribution is -0.121. The molecule has 2 heterocycles. The van der Waals surface area contributed by atoms with E-state index >= 15 is 0 Å². The Morgan fingerprint density at radius 1 is 1.38 bits per heavy atom. The summed E-state index contributed by atoms with van der Waals surface area (Å²) < 4.78 is 5.89. The highest BCUT2D eigenvalue weighted by Crippen LogP contribution is 2.16. The molecule has 2 atom stereocenters. The first kappa shape index (κ1) is 13.8. The van der Waals surface area contributed by atoms with E-state index in [1.54, 1.807) is 6.20 Å². The van der Waals surface area contributed by atoms with Crippen molar-refractivity contribution in [2.45, 2.75) is 25.5 Å². The van der Waals surface area contributed by atoms with E-state index in [0.29, 0.717) is 25.4 Å². The number of amides is 1. The molecule has 0 saturated carbocycles. The Bertz CT molecular complexity index is 646. The van der Waals surface area contributed by atoms with E-state index in [4.69, 9.17) is 4.74 Å². The molecule has 21 heavy (non-hydrogen) atoms. The van der Waals surface area contributed by atoms with E-state index in [-0.39, 0.29) is 18.1 Å². The fraction of sp³-hybridized carbons (Fsp3) is 0.400. The van der Waals surface area contributed by atoms with Gasteiger partial charge in [0.25, 0.3) is 0 Å². The maximum absolute atomic E-state index is 11.5. The van der Waals surface area contributed by atoms with Crippen LogP contribution in [-0.2, 0) is 4.79 Å². The fourth-order valence-electron chi connectivity index (χ4n) is 2.38. The molecule has 1 aromatic heterocycles. The van der Waals surface area contributed by atoms with Crippen LogP contribution < -0.4 is 15.4 Å². The van der Waals surface area contributed by atoms with Crippen molar-refractivity contribution in [1.82, 2.24) is 20.6 Å². The maximum atomic E-state index is 11.5. The number of para-hydroxylation sites is 2. The SMILES string of the molecule is CCC(=O)NC1CNCC1Oc1cnc2ccccc2n1. The van der Waals surface area contributed by atoms with E-state index in [0.717, 1.165) is 11.0 Å². The Hall–Kier alpha value is -2.21. The highest BCUT2D eigenvalue weighted by Gasteiger charge is 2.30. The molecule has 1 aliphatic rings. The number of hydrogen-bond acceptors (Lipinski definition) is 5. The summed E-state index contributed by atoms with van der Waals surface area (Å²) in [6, 6.07) is 7.62. The van der Waals surface area contributed by atoms with Crippen LogP contribution in [-0.4, -0.2) is 41.1 Å². The molecule has 2 N–H and O–H groups in total. The molecule has 0 spiro atoms. The number of carbonyl (C=O) groups excluding carboxylic acids is 1. The van der Waals surface area contributed by atoms with Gasteiger partial charge >= 0.3 is 0 Å². The summed E-state index contributed by atoms with van der Waals surface area (Å²) in [5, 5.41) is 6.18. The average Bonchev–Trinajstić information content (AvgIpc) is 2.94. The third-order valence-corrected chi connectivity index (χ3v) is 3.52. The molecule has 1 aromatic carbocycles. The second-order valence-electron chi connectivity index (χ2n) is 5.04. The number of rotatable bonds is 4. The third-order valence-electron chi connectivity index (χ3n) is 3.52. The lowest BCUT2D eigenvalue weighted by Crippen LogP contribution is -2.45. The Morgan fingerprint density at radius 3 is 3.00 bits per heavy atom. The van der Waals surface area contributed by atoms with Crippen LogP contribution >= 0.6 is 0 Å². The van der Waals surface area contributed by atoms with E-state index < -0.39 is 0 Å². The topological polar surface area (TPSA) is 76.1 Å². The van der Waals surface area contributed by atoms with Crippen LogP contribution in [0.15, 0.2) is 30.5 Å². The van der Waals surface area contributed by atoms with Crippen molar-refractivity contribution in [1.29, 1.82) is 0 Å². The average molecular weight is 286 g/mol. The van der Waals surface area contributed by atoms with E-state index in [2.05, 4.69) is 20.6 Å². The summed E-state index contributed by atoms with van der Waals surface area (Å²) >= 11 is 0. The van der Waals surface area contributed by atoms with Crippen LogP contribution in [0.4, 0.5) is 0 Å². The summed E-state index contributed by atoms with van der Waals surface area (Å²) in [6.07, 6.45) is 1.97. The van der Waals surface area contributed by atoms with Gasteiger partial charge < -0.3 is 15.4 Å². The number of fused-ring (bicyclic) bond motifs is 1. The van der Waals surface area contributed by atoms with E-state index in [9.17, 15) is 4.79 Å². The second-order valence-corrected chi connectivity index (χ2v) is 5.04. The van der Waals surface area contributed by atoms with Gasteiger partial charge in [-0.3, -0.25) is 4.79 Å². The predicted molar refractivity (Wildman–Crippen MR) is 79.0 cm³/mol. The van der Waals surface area contributed by atoms with Gasteiger partial charge in [-0.1, -0.05) is 19.1 Å². The van der Waals surface area contributed by atoms with E-state index in [1.165, 1.54) is 0 Å². The van der Waals surface area contributed by atoms with Crippen molar-refractivity contribution in [3.63, 3.8) is 0 Å². The molecule has 2 unspecified atom stereocenters. The van der Waals surface area contributed by atoms with Gasteiger partial charge in [0, 0.05) is 19.5 Å². The number of ether oxygens (including phenoxy) is 1. The molecule has 1 amide bonds. The summed E-state index contributed by atoms with van der Waals surface area (Å²) in [5.74, 6) is 0.514. The third kappa shape index (κ3) is 3.11. The molecule has 0 radical (unpaired) electrons. The Balaban J connectivity index is 1.73. The highest BCUT2D eigenvalue weighted by molar-refractivity contribution is 5.76. The smallest absolute Gasteiger partial charge is 0.233 e. The van der Waals surface area contributed by atoms with Gasteiger partial charge in [0.05, 0.1) is 23.3 Å². The molecule has 1 aliphatic heterocycles. The summed E-state index contributed by atoms with van der Waals surface area (Å²) in [7, 11) is 0. The number of nitrogens with zero attached hydrogens (tertiary/aromatic N) is 2. The molecule has 1 fully saturated rings. The summed E-state index contributed by atoms with van der Waals surface area (Å²) in [4.78, 5) is 20.3. The Labute approximate surface area is 122 Å². The number of benzene rings is 1. The first-order valence-corrected chi connectivity index (χ1v) is 7.15. The zero-order chi connectivity index (χ0) is 14.7. The van der Waals surface area contributed by atoms with Gasteiger partial charge in [-0.25, -0.2) is 9.97 Å². The summed E-state index contributed by atoms with van der Waals surface area (Å²) in [5.41, 5.74) is 1.64. The minimum atomic E-state index is -0.129. The minimum absolute atomic E-state index is 0.0295. The van der Waals surface area contributed by atoms with Crippen LogP contribution in [0.25, 0.3) is 11.0 Å². The highest BCUT2D eigenvalue weighted by atomic mass is 16.5. The van der Waals surface area contributed by atoms with Crippen molar-refractivity contribution in [3.05, 3.63) is 30.5 Å². The zero-order valence-corrected chi connectivity index (χ0v) is 11.9. The van der Waals surface area contributed by atoms with Gasteiger partial charge in [0.2, 0.25) is 11.8 Å². The molecule has 2 aromatic rings. The normalized spacial score (nSPS) is 21.4. The first-order chi connectivity index (χ1) is 10.3. The van der Waals surface area contributed by atoms with Crippen molar-refractivity contribution < 1.29 is 9.53 Å². The van der Waals surface area contributed by atoms with Crippen LogP contribution in [0.1, 0.15) is 13.3 Å². The van der Waals surface area contributed by atoms with Gasteiger partial charge in [-0.2, -0.15) is 0 Å². The molecule has 6 heteroatoms. The monoisotopic (exact) mass is 286 g/mol. The number of hydrogen-bond donors (Lipinski definition) is 2. The van der Waals surface area contributed by atoms with Crippen molar-refractivity contribution in [3.8, 4) is 5.88 Å². The molecule has 0 bridgehead atoms. The molecular weight excluding hydrogens is 268 g/mol. The van der Waals surface area contributed by atoms with Crippen molar-refractivity contribution >= 4 is 16.9 Å². The fourth-order valence-corrected chi connectivity index (χ4v) is 2.38. The summed E-state index contributed by atoms with van der Waals surface area (Å²) in [6.45, 7) is 3.23. The van der Waals surface area contributed by atoms with Crippen molar-refractivity contribution in [2.24, 2.45) is 0 Å². The minimum Gasteiger partial charge on any atom is -0.470 e. The van der Waals surface area contributed by atoms with Crippen LogP contribution in [0.2, 0.25) is 0 Å². The van der Waals surface area contributed by atoms with E-state index in [1.807, 2.05) is 31.2 Å². The van der Waals surface area contributed by atoms with Crippen LogP contribution in [0.5, 0.6) is 5.88 Å². The second kappa shape index (κ2) is 6.05. The van der Waals surface area contributed by atoms with Crippen molar-refractivity contribution in [2.75, 3.05) is 13.1 Å². The lowest BCUT2D eigenvalue weighted by atomic mass is 10.2. The lowest BCUT2D eigenvalue weighted by Gasteiger charge is -2.20. The maximum Gasteiger partial charge on any atom is 0.233 e. The molecule has 3 rings (SSSR count). The van der Waals surface area contributed by atoms with Crippen LogP contribution in [0.3, 0.4) is 0 Å². The Kier molecular flexibility index (Phi) is 3.96. The Morgan fingerprint density at radius 2 is 2.19 bits per heavy atom. The number of aromatic nitrogens is 2. The van der Waals surface area contributed by atoms with Gasteiger partial charge in [-0.15, -0.1) is 0 Å². The van der Waals surface area contributed by atoms with Crippen LogP contribution in [0, 0.1) is 0 Å². The van der Waals surface area contributed by atoms with Gasteiger partial charge in [0.15, 0.2) is 0 Å². The molecule has 1 saturated heterocycles. The molecule has 6 nitrogen and oxygen atoms in total. The standard InChI is InChI=1S/C15H18N4O2/c1-2-14(20)18-12-7-16-8-13(12)21-15-9-17-10-5-3-4-6-11(10)19-15/h3-6,9,12-13,16H,2,7-8H2,1H3,(H,18,20). The number of nitrogens with one attached hydrogen (secondary N) is 2. The number of carbonyl (C=O) groups is 1. The van der Waals surface area contributed by atoms with Gasteiger partial charge in [-0.05, 0) is 12.1 Å². The quantitative estimate of drug-likeness (QED) is 0.872. The predicted octanol–water partition coefficient (Wildman–Crippen LogP) is 0.875. The first-order valence-electron chi connectivity index (χ1n) is 7.15. The van der Waals surface area contributed by atoms with Gasteiger partial charge in [0.1, 0.15) is 6.10 Å². The molecule has 0 aliphatic carbocycles. The molecular formula is C15H18N4O2. The molecule has 110 valence electrons. The largest absolute Gasteiger partial charge is 0.470 e. The zero-order valence-electron chi connectivity index (χ0n) is 11.9.